The van der Waals surface area contributed by atoms with Crippen LogP contribution in [0.2, 0.25) is 0 Å². The molecule has 5 nitrogen and oxygen atoms in total. The molecular weight excluding hydrogens is 210 g/mol. The van der Waals surface area contributed by atoms with Crippen LogP contribution >= 0.6 is 0 Å². The SMILES string of the molecule is COCCC(C)N1CCOCC1C(=O)OC. The molecule has 0 radical (unpaired) electrons. The van der Waals surface area contributed by atoms with Crippen molar-refractivity contribution in [3.05, 3.63) is 0 Å². The van der Waals surface area contributed by atoms with E-state index >= 15 is 0 Å². The van der Waals surface area contributed by atoms with Crippen molar-refractivity contribution in [3.8, 4) is 0 Å². The summed E-state index contributed by atoms with van der Waals surface area (Å²) >= 11 is 0. The van der Waals surface area contributed by atoms with Crippen LogP contribution in [-0.4, -0.2) is 63.5 Å². The fourth-order valence-electron chi connectivity index (χ4n) is 1.94. The number of carbonyl (C=O) groups excluding carboxylic acids is 1. The van der Waals surface area contributed by atoms with E-state index in [2.05, 4.69) is 11.8 Å². The van der Waals surface area contributed by atoms with Gasteiger partial charge in [0.15, 0.2) is 0 Å². The first kappa shape index (κ1) is 13.4. The zero-order chi connectivity index (χ0) is 12.0. The summed E-state index contributed by atoms with van der Waals surface area (Å²) in [5.74, 6) is -0.219. The van der Waals surface area contributed by atoms with Crippen molar-refractivity contribution in [2.24, 2.45) is 0 Å². The molecular formula is C11H21NO4. The van der Waals surface area contributed by atoms with Crippen molar-refractivity contribution < 1.29 is 19.0 Å². The van der Waals surface area contributed by atoms with Crippen LogP contribution in [0, 0.1) is 0 Å². The Balaban J connectivity index is 2.55. The molecule has 16 heavy (non-hydrogen) atoms. The van der Waals surface area contributed by atoms with E-state index in [1.54, 1.807) is 7.11 Å². The number of nitrogens with zero attached hydrogens (tertiary/aromatic N) is 1. The maximum atomic E-state index is 11.6. The van der Waals surface area contributed by atoms with Crippen LogP contribution < -0.4 is 0 Å². The summed E-state index contributed by atoms with van der Waals surface area (Å²) in [6.45, 7) is 4.66. The third-order valence-corrected chi connectivity index (χ3v) is 2.95. The molecule has 2 atom stereocenters. The van der Waals surface area contributed by atoms with Gasteiger partial charge in [0.2, 0.25) is 0 Å². The molecule has 1 aliphatic heterocycles. The maximum absolute atomic E-state index is 11.6. The number of rotatable bonds is 5. The van der Waals surface area contributed by atoms with E-state index in [9.17, 15) is 4.79 Å². The molecule has 5 heteroatoms. The molecule has 0 N–H and O–H groups in total. The minimum atomic E-state index is -0.273. The monoisotopic (exact) mass is 231 g/mol. The highest BCUT2D eigenvalue weighted by Gasteiger charge is 2.32. The number of carbonyl (C=O) groups is 1. The molecule has 1 fully saturated rings. The standard InChI is InChI=1S/C11H21NO4/c1-9(4-6-14-2)12-5-7-16-8-10(12)11(13)15-3/h9-10H,4-8H2,1-3H3. The van der Waals surface area contributed by atoms with E-state index in [0.717, 1.165) is 13.0 Å². The van der Waals surface area contributed by atoms with Gasteiger partial charge in [-0.1, -0.05) is 0 Å². The van der Waals surface area contributed by atoms with Gasteiger partial charge in [-0.3, -0.25) is 9.69 Å². The summed E-state index contributed by atoms with van der Waals surface area (Å²) in [6.07, 6.45) is 0.907. The predicted octanol–water partition coefficient (Wildman–Crippen LogP) is 0.285. The molecule has 2 unspecified atom stereocenters. The van der Waals surface area contributed by atoms with Gasteiger partial charge in [-0.2, -0.15) is 0 Å². The zero-order valence-corrected chi connectivity index (χ0v) is 10.3. The summed E-state index contributed by atoms with van der Waals surface area (Å²) in [5, 5.41) is 0. The lowest BCUT2D eigenvalue weighted by molar-refractivity contribution is -0.155. The molecule has 1 saturated heterocycles. The highest BCUT2D eigenvalue weighted by atomic mass is 16.5. The van der Waals surface area contributed by atoms with E-state index in [-0.39, 0.29) is 12.0 Å². The smallest absolute Gasteiger partial charge is 0.325 e. The largest absolute Gasteiger partial charge is 0.468 e. The van der Waals surface area contributed by atoms with Crippen molar-refractivity contribution >= 4 is 5.97 Å². The summed E-state index contributed by atoms with van der Waals surface area (Å²) in [7, 11) is 3.10. The minimum absolute atomic E-state index is 0.219. The lowest BCUT2D eigenvalue weighted by Gasteiger charge is -2.37. The quantitative estimate of drug-likeness (QED) is 0.636. The van der Waals surface area contributed by atoms with Crippen LogP contribution in [-0.2, 0) is 19.0 Å². The topological polar surface area (TPSA) is 48.0 Å². The molecule has 0 saturated carbocycles. The molecule has 0 spiro atoms. The van der Waals surface area contributed by atoms with Crippen LogP contribution in [0.1, 0.15) is 13.3 Å². The maximum Gasteiger partial charge on any atom is 0.325 e. The predicted molar refractivity (Wildman–Crippen MR) is 59.3 cm³/mol. The van der Waals surface area contributed by atoms with Crippen LogP contribution in [0.25, 0.3) is 0 Å². The van der Waals surface area contributed by atoms with Gasteiger partial charge in [-0.05, 0) is 13.3 Å². The van der Waals surface area contributed by atoms with Crippen molar-refractivity contribution in [3.63, 3.8) is 0 Å². The second kappa shape index (κ2) is 6.83. The fourth-order valence-corrected chi connectivity index (χ4v) is 1.94. The van der Waals surface area contributed by atoms with Crippen LogP contribution in [0.15, 0.2) is 0 Å². The third-order valence-electron chi connectivity index (χ3n) is 2.95. The molecule has 0 bridgehead atoms. The van der Waals surface area contributed by atoms with Gasteiger partial charge >= 0.3 is 5.97 Å². The van der Waals surface area contributed by atoms with E-state index in [1.807, 2.05) is 0 Å². The Morgan fingerprint density at radius 3 is 2.94 bits per heavy atom. The average molecular weight is 231 g/mol. The Morgan fingerprint density at radius 2 is 2.31 bits per heavy atom. The number of esters is 1. The minimum Gasteiger partial charge on any atom is -0.468 e. The van der Waals surface area contributed by atoms with Gasteiger partial charge in [-0.25, -0.2) is 0 Å². The fraction of sp³-hybridized carbons (Fsp3) is 0.909. The molecule has 0 amide bonds. The van der Waals surface area contributed by atoms with Gasteiger partial charge < -0.3 is 14.2 Å². The highest BCUT2D eigenvalue weighted by molar-refractivity contribution is 5.76. The Labute approximate surface area is 96.6 Å². The normalized spacial score (nSPS) is 24.1. The first-order valence-corrected chi connectivity index (χ1v) is 5.61. The van der Waals surface area contributed by atoms with Gasteiger partial charge in [0.05, 0.1) is 20.3 Å². The summed E-state index contributed by atoms with van der Waals surface area (Å²) in [4.78, 5) is 13.7. The van der Waals surface area contributed by atoms with Gasteiger partial charge in [0.25, 0.3) is 0 Å². The number of morpholine rings is 1. The van der Waals surface area contributed by atoms with Crippen LogP contribution in [0.4, 0.5) is 0 Å². The summed E-state index contributed by atoms with van der Waals surface area (Å²) in [6, 6.07) is 0.0264. The molecule has 1 rings (SSSR count). The van der Waals surface area contributed by atoms with Crippen LogP contribution in [0.3, 0.4) is 0 Å². The van der Waals surface area contributed by atoms with E-state index in [1.165, 1.54) is 7.11 Å². The Hall–Kier alpha value is -0.650. The second-order valence-electron chi connectivity index (χ2n) is 3.98. The number of methoxy groups -OCH3 is 2. The van der Waals surface area contributed by atoms with Crippen molar-refractivity contribution in [1.29, 1.82) is 0 Å². The lowest BCUT2D eigenvalue weighted by atomic mass is 10.1. The average Bonchev–Trinajstić information content (AvgIpc) is 2.35. The highest BCUT2D eigenvalue weighted by Crippen LogP contribution is 2.14. The second-order valence-corrected chi connectivity index (χ2v) is 3.98. The summed E-state index contributed by atoms with van der Waals surface area (Å²) < 4.78 is 15.2. The van der Waals surface area contributed by atoms with Gasteiger partial charge in [0, 0.05) is 26.3 Å². The molecule has 1 heterocycles. The Bertz CT molecular complexity index is 222. The number of ether oxygens (including phenoxy) is 3. The van der Waals surface area contributed by atoms with Gasteiger partial charge in [0.1, 0.15) is 6.04 Å². The first-order valence-electron chi connectivity index (χ1n) is 5.61. The third kappa shape index (κ3) is 3.43. The van der Waals surface area contributed by atoms with Crippen molar-refractivity contribution in [2.75, 3.05) is 40.6 Å². The number of hydrogen-bond donors (Lipinski definition) is 0. The molecule has 1 aliphatic rings. The Kier molecular flexibility index (Phi) is 5.73. The first-order chi connectivity index (χ1) is 7.70. The zero-order valence-electron chi connectivity index (χ0n) is 10.3. The van der Waals surface area contributed by atoms with Crippen molar-refractivity contribution in [2.45, 2.75) is 25.4 Å². The molecule has 0 aromatic rings. The Morgan fingerprint density at radius 1 is 1.56 bits per heavy atom. The van der Waals surface area contributed by atoms with E-state index in [0.29, 0.717) is 25.9 Å². The lowest BCUT2D eigenvalue weighted by Crippen LogP contribution is -2.54. The summed E-state index contributed by atoms with van der Waals surface area (Å²) in [5.41, 5.74) is 0. The molecule has 0 aliphatic carbocycles. The van der Waals surface area contributed by atoms with E-state index in [4.69, 9.17) is 14.2 Å². The molecule has 94 valence electrons. The van der Waals surface area contributed by atoms with Crippen LogP contribution in [0.5, 0.6) is 0 Å². The van der Waals surface area contributed by atoms with Gasteiger partial charge in [-0.15, -0.1) is 0 Å². The number of hydrogen-bond acceptors (Lipinski definition) is 5. The van der Waals surface area contributed by atoms with E-state index < -0.39 is 0 Å². The van der Waals surface area contributed by atoms with Crippen molar-refractivity contribution in [1.82, 2.24) is 4.90 Å². The molecule has 0 aromatic heterocycles. The molecule has 0 aromatic carbocycles.